The lowest BCUT2D eigenvalue weighted by Gasteiger charge is -2.31. The largest absolute Gasteiger partial charge is 0.354 e. The van der Waals surface area contributed by atoms with Crippen molar-refractivity contribution in [2.75, 3.05) is 13.1 Å². The summed E-state index contributed by atoms with van der Waals surface area (Å²) in [5, 5.41) is 12.1. The Kier molecular flexibility index (Phi) is 5.55. The van der Waals surface area contributed by atoms with Crippen LogP contribution in [0.25, 0.3) is 22.2 Å². The van der Waals surface area contributed by atoms with Gasteiger partial charge in [0.05, 0.1) is 11.4 Å². The Bertz CT molecular complexity index is 1210. The third-order valence-corrected chi connectivity index (χ3v) is 6.86. The molecule has 0 saturated carbocycles. The fourth-order valence-corrected chi connectivity index (χ4v) is 5.15. The second kappa shape index (κ2) is 8.51. The molecule has 4 aromatic rings. The summed E-state index contributed by atoms with van der Waals surface area (Å²) in [4.78, 5) is 10.7. The van der Waals surface area contributed by atoms with Gasteiger partial charge in [-0.1, -0.05) is 25.1 Å². The smallest absolute Gasteiger partial charge is 0.0964 e. The minimum absolute atomic E-state index is 0.436. The van der Waals surface area contributed by atoms with E-state index in [1.807, 2.05) is 12.4 Å². The number of aromatic amines is 2. The van der Waals surface area contributed by atoms with Gasteiger partial charge in [-0.15, -0.1) is 5.10 Å². The van der Waals surface area contributed by atoms with Crippen molar-refractivity contribution >= 4 is 10.9 Å². The molecule has 1 fully saturated rings. The summed E-state index contributed by atoms with van der Waals surface area (Å²) in [5.41, 5.74) is 9.91. The lowest BCUT2D eigenvalue weighted by atomic mass is 9.87. The highest BCUT2D eigenvalue weighted by Crippen LogP contribution is 2.39. The average molecular weight is 429 g/mol. The van der Waals surface area contributed by atoms with E-state index in [0.29, 0.717) is 11.8 Å². The van der Waals surface area contributed by atoms with Crippen LogP contribution in [0.4, 0.5) is 0 Å². The fraction of sp³-hybridized carbons (Fsp3) is 0.423. The van der Waals surface area contributed by atoms with Gasteiger partial charge in [0.15, 0.2) is 0 Å². The third-order valence-electron chi connectivity index (χ3n) is 6.86. The first-order chi connectivity index (χ1) is 15.5. The Morgan fingerprint density at radius 3 is 2.66 bits per heavy atom. The van der Waals surface area contributed by atoms with Crippen molar-refractivity contribution in [3.63, 3.8) is 0 Å². The summed E-state index contributed by atoms with van der Waals surface area (Å²) in [6.45, 7) is 11.9. The first kappa shape index (κ1) is 20.9. The van der Waals surface area contributed by atoms with Crippen molar-refractivity contribution in [1.29, 1.82) is 0 Å². The Hall–Kier alpha value is -2.99. The molecule has 0 radical (unpaired) electrons. The zero-order valence-corrected chi connectivity index (χ0v) is 19.4. The highest BCUT2D eigenvalue weighted by atomic mass is 15.3. The zero-order valence-electron chi connectivity index (χ0n) is 19.4. The number of H-pyrrole nitrogens is 2. The van der Waals surface area contributed by atoms with Crippen LogP contribution in [-0.4, -0.2) is 43.4 Å². The second-order valence-electron chi connectivity index (χ2n) is 9.53. The third kappa shape index (κ3) is 3.95. The molecule has 4 heterocycles. The van der Waals surface area contributed by atoms with Crippen LogP contribution in [0.5, 0.6) is 0 Å². The van der Waals surface area contributed by atoms with E-state index in [-0.39, 0.29) is 0 Å². The van der Waals surface area contributed by atoms with E-state index in [1.165, 1.54) is 51.7 Å². The van der Waals surface area contributed by atoms with Crippen molar-refractivity contribution in [2.45, 2.75) is 58.9 Å². The monoisotopic (exact) mass is 428 g/mol. The molecule has 166 valence electrons. The Labute approximate surface area is 189 Å². The van der Waals surface area contributed by atoms with Crippen molar-refractivity contribution in [1.82, 2.24) is 30.3 Å². The van der Waals surface area contributed by atoms with Crippen molar-refractivity contribution in [3.05, 3.63) is 64.7 Å². The molecule has 0 unspecified atom stereocenters. The van der Waals surface area contributed by atoms with Gasteiger partial charge in [0.2, 0.25) is 0 Å². The van der Waals surface area contributed by atoms with E-state index >= 15 is 0 Å². The highest BCUT2D eigenvalue weighted by Gasteiger charge is 2.23. The summed E-state index contributed by atoms with van der Waals surface area (Å²) in [5.74, 6) is 1.04. The standard InChI is InChI=1S/C26H32N6/c1-16(2)25-23-12-20(19-7-9-32(10-8-19)15-21-14-28-31-30-21)5-6-24(23)29-26(25)22-11-18(4)27-13-17(22)3/h5-6,11-14,16,19,29H,7-10,15H2,1-4H3,(H,28,30,31). The maximum atomic E-state index is 4.47. The molecule has 0 amide bonds. The number of likely N-dealkylation sites (tertiary alicyclic amines) is 1. The predicted octanol–water partition coefficient (Wildman–Crippen LogP) is 5.47. The van der Waals surface area contributed by atoms with Gasteiger partial charge < -0.3 is 4.98 Å². The Balaban J connectivity index is 1.44. The topological polar surface area (TPSA) is 73.5 Å². The quantitative estimate of drug-likeness (QED) is 0.442. The summed E-state index contributed by atoms with van der Waals surface area (Å²) in [7, 11) is 0. The predicted molar refractivity (Wildman–Crippen MR) is 129 cm³/mol. The van der Waals surface area contributed by atoms with Crippen LogP contribution in [0.3, 0.4) is 0 Å². The molecule has 6 nitrogen and oxygen atoms in total. The molecule has 3 aromatic heterocycles. The van der Waals surface area contributed by atoms with Gasteiger partial charge in [-0.3, -0.25) is 15.0 Å². The summed E-state index contributed by atoms with van der Waals surface area (Å²) in [6, 6.07) is 9.27. The zero-order chi connectivity index (χ0) is 22.2. The molecular weight excluding hydrogens is 396 g/mol. The molecule has 2 N–H and O–H groups in total. The van der Waals surface area contributed by atoms with Gasteiger partial charge >= 0.3 is 0 Å². The van der Waals surface area contributed by atoms with Gasteiger partial charge in [-0.2, -0.15) is 0 Å². The minimum atomic E-state index is 0.436. The van der Waals surface area contributed by atoms with E-state index in [0.717, 1.165) is 31.0 Å². The summed E-state index contributed by atoms with van der Waals surface area (Å²) < 4.78 is 0. The van der Waals surface area contributed by atoms with Crippen molar-refractivity contribution in [2.24, 2.45) is 0 Å². The molecule has 0 spiro atoms. The maximum Gasteiger partial charge on any atom is 0.0964 e. The second-order valence-corrected chi connectivity index (χ2v) is 9.53. The van der Waals surface area contributed by atoms with Crippen LogP contribution in [0.15, 0.2) is 36.7 Å². The number of aromatic nitrogens is 5. The van der Waals surface area contributed by atoms with Crippen LogP contribution in [0.2, 0.25) is 0 Å². The normalized spacial score (nSPS) is 15.8. The SMILES string of the molecule is Cc1cc(-c2[nH]c3ccc(C4CCN(Cc5c[nH]nn5)CC4)cc3c2C(C)C)c(C)cn1. The van der Waals surface area contributed by atoms with E-state index < -0.39 is 0 Å². The van der Waals surface area contributed by atoms with Crippen LogP contribution in [0.1, 0.15) is 66.6 Å². The molecule has 1 saturated heterocycles. The first-order valence-corrected chi connectivity index (χ1v) is 11.7. The number of piperidine rings is 1. The average Bonchev–Trinajstić information content (AvgIpc) is 3.43. The lowest BCUT2D eigenvalue weighted by molar-refractivity contribution is 0.202. The van der Waals surface area contributed by atoms with Crippen molar-refractivity contribution < 1.29 is 0 Å². The number of rotatable bonds is 5. The molecule has 0 aliphatic carbocycles. The number of hydrogen-bond donors (Lipinski definition) is 2. The maximum absolute atomic E-state index is 4.47. The number of pyridine rings is 1. The molecule has 6 heteroatoms. The van der Waals surface area contributed by atoms with Crippen LogP contribution >= 0.6 is 0 Å². The molecule has 32 heavy (non-hydrogen) atoms. The van der Waals surface area contributed by atoms with E-state index in [9.17, 15) is 0 Å². The van der Waals surface area contributed by atoms with E-state index in [1.54, 1.807) is 0 Å². The molecule has 1 aliphatic rings. The molecule has 5 rings (SSSR count). The highest BCUT2D eigenvalue weighted by molar-refractivity contribution is 5.92. The number of nitrogens with zero attached hydrogens (tertiary/aromatic N) is 4. The van der Waals surface area contributed by atoms with Crippen molar-refractivity contribution in [3.8, 4) is 11.3 Å². The van der Waals surface area contributed by atoms with Gasteiger partial charge in [0.1, 0.15) is 0 Å². The molecule has 0 bridgehead atoms. The Morgan fingerprint density at radius 1 is 1.12 bits per heavy atom. The number of benzene rings is 1. The molecule has 1 aliphatic heterocycles. The lowest BCUT2D eigenvalue weighted by Crippen LogP contribution is -2.32. The van der Waals surface area contributed by atoms with Gasteiger partial charge in [0.25, 0.3) is 0 Å². The molecular formula is C26H32N6. The fourth-order valence-electron chi connectivity index (χ4n) is 5.15. The minimum Gasteiger partial charge on any atom is -0.354 e. The number of hydrogen-bond acceptors (Lipinski definition) is 4. The van der Waals surface area contributed by atoms with Gasteiger partial charge in [-0.25, -0.2) is 0 Å². The number of nitrogens with one attached hydrogen (secondary N) is 2. The van der Waals surface area contributed by atoms with Crippen LogP contribution in [-0.2, 0) is 6.54 Å². The van der Waals surface area contributed by atoms with E-state index in [4.69, 9.17) is 0 Å². The van der Waals surface area contributed by atoms with Crippen LogP contribution < -0.4 is 0 Å². The van der Waals surface area contributed by atoms with Gasteiger partial charge in [-0.05, 0) is 86.5 Å². The number of fused-ring (bicyclic) bond motifs is 1. The summed E-state index contributed by atoms with van der Waals surface area (Å²) in [6.07, 6.45) is 6.24. The van der Waals surface area contributed by atoms with E-state index in [2.05, 4.69) is 82.2 Å². The summed E-state index contributed by atoms with van der Waals surface area (Å²) >= 11 is 0. The Morgan fingerprint density at radius 2 is 1.94 bits per heavy atom. The molecule has 0 atom stereocenters. The first-order valence-electron chi connectivity index (χ1n) is 11.7. The van der Waals surface area contributed by atoms with Crippen LogP contribution in [0, 0.1) is 13.8 Å². The molecule has 1 aromatic carbocycles. The number of aryl methyl sites for hydroxylation is 2. The van der Waals surface area contributed by atoms with Gasteiger partial charge in [0, 0.05) is 41.1 Å².